The number of fused-ring (bicyclic) bond motifs is 2. The number of nitrogens with one attached hydrogen (secondary N) is 2. The van der Waals surface area contributed by atoms with E-state index in [0.29, 0.717) is 18.2 Å². The lowest BCUT2D eigenvalue weighted by molar-refractivity contribution is -0.118. The Hall–Kier alpha value is -2.18. The van der Waals surface area contributed by atoms with E-state index >= 15 is 0 Å². The van der Waals surface area contributed by atoms with Gasteiger partial charge in [0.25, 0.3) is 11.7 Å². The zero-order chi connectivity index (χ0) is 17.4. The Bertz CT molecular complexity index is 813. The van der Waals surface area contributed by atoms with Gasteiger partial charge in [-0.25, -0.2) is 0 Å². The van der Waals surface area contributed by atoms with Crippen molar-refractivity contribution in [3.8, 4) is 0 Å². The first-order chi connectivity index (χ1) is 12.1. The number of carbonyl (C=O) groups is 2. The fourth-order valence-corrected chi connectivity index (χ4v) is 3.98. The van der Waals surface area contributed by atoms with Crippen molar-refractivity contribution in [1.82, 2.24) is 15.2 Å². The summed E-state index contributed by atoms with van der Waals surface area (Å²) in [6, 6.07) is 8.06. The maximum absolute atomic E-state index is 12.6. The lowest BCUT2D eigenvalue weighted by atomic mass is 10.1. The predicted octanol–water partition coefficient (Wildman–Crippen LogP) is 1.64. The van der Waals surface area contributed by atoms with E-state index in [9.17, 15) is 9.59 Å². The van der Waals surface area contributed by atoms with Gasteiger partial charge in [-0.15, -0.1) is 0 Å². The van der Waals surface area contributed by atoms with Crippen LogP contribution in [0, 0.1) is 6.92 Å². The molecule has 2 aromatic rings. The van der Waals surface area contributed by atoms with E-state index in [-0.39, 0.29) is 6.10 Å². The van der Waals surface area contributed by atoms with Crippen LogP contribution in [0.1, 0.15) is 28.9 Å². The van der Waals surface area contributed by atoms with Crippen LogP contribution in [0.2, 0.25) is 0 Å². The zero-order valence-corrected chi connectivity index (χ0v) is 14.4. The van der Waals surface area contributed by atoms with Crippen molar-refractivity contribution in [3.63, 3.8) is 0 Å². The van der Waals surface area contributed by atoms with Crippen molar-refractivity contribution in [1.29, 1.82) is 0 Å². The fraction of sp³-hybridized carbons (Fsp3) is 0.474. The normalized spacial score (nSPS) is 23.6. The summed E-state index contributed by atoms with van der Waals surface area (Å²) in [5.74, 6) is -1.06. The van der Waals surface area contributed by atoms with E-state index in [2.05, 4.69) is 15.2 Å². The van der Waals surface area contributed by atoms with E-state index in [1.807, 2.05) is 31.2 Å². The lowest BCUT2D eigenvalue weighted by Gasteiger charge is -2.35. The van der Waals surface area contributed by atoms with Gasteiger partial charge in [0.2, 0.25) is 0 Å². The van der Waals surface area contributed by atoms with Crippen molar-refractivity contribution < 1.29 is 14.3 Å². The number of aryl methyl sites for hydroxylation is 1. The van der Waals surface area contributed by atoms with Crippen molar-refractivity contribution >= 4 is 22.6 Å². The summed E-state index contributed by atoms with van der Waals surface area (Å²) in [6.45, 7) is 4.83. The van der Waals surface area contributed by atoms with Crippen LogP contribution in [0.3, 0.4) is 0 Å². The number of aromatic amines is 1. The molecule has 2 saturated heterocycles. The molecule has 0 saturated carbocycles. The molecule has 0 radical (unpaired) electrons. The van der Waals surface area contributed by atoms with E-state index in [1.165, 1.54) is 12.8 Å². The number of morpholine rings is 1. The molecule has 25 heavy (non-hydrogen) atoms. The molecule has 0 aliphatic carbocycles. The maximum atomic E-state index is 12.6. The number of hydrogen-bond acceptors (Lipinski definition) is 4. The van der Waals surface area contributed by atoms with Crippen molar-refractivity contribution in [3.05, 3.63) is 35.5 Å². The van der Waals surface area contributed by atoms with E-state index in [0.717, 1.165) is 36.3 Å². The number of Topliss-reactive ketones (excluding diaryl/α,β-unsaturated/α-hetero) is 1. The Morgan fingerprint density at radius 2 is 2.20 bits per heavy atom. The van der Waals surface area contributed by atoms with Gasteiger partial charge in [-0.2, -0.15) is 0 Å². The second-order valence-corrected chi connectivity index (χ2v) is 6.96. The molecule has 6 heteroatoms. The number of amides is 1. The zero-order valence-electron chi connectivity index (χ0n) is 14.4. The summed E-state index contributed by atoms with van der Waals surface area (Å²) in [5.41, 5.74) is 2.04. The third-order valence-electron chi connectivity index (χ3n) is 5.28. The summed E-state index contributed by atoms with van der Waals surface area (Å²) in [5, 5.41) is 3.54. The average Bonchev–Trinajstić information content (AvgIpc) is 3.21. The summed E-state index contributed by atoms with van der Waals surface area (Å²) in [7, 11) is 0. The van der Waals surface area contributed by atoms with Gasteiger partial charge in [-0.1, -0.05) is 18.2 Å². The largest absolute Gasteiger partial charge is 0.373 e. The summed E-state index contributed by atoms with van der Waals surface area (Å²) < 4.78 is 5.83. The minimum absolute atomic E-state index is 0.0461. The molecule has 132 valence electrons. The number of aromatic nitrogens is 1. The Morgan fingerprint density at radius 1 is 1.36 bits per heavy atom. The number of ether oxygens (including phenoxy) is 1. The molecule has 0 bridgehead atoms. The Kier molecular flexibility index (Phi) is 4.31. The third-order valence-corrected chi connectivity index (χ3v) is 5.28. The number of hydrogen-bond donors (Lipinski definition) is 2. The minimum Gasteiger partial charge on any atom is -0.373 e. The van der Waals surface area contributed by atoms with Gasteiger partial charge < -0.3 is 15.0 Å². The van der Waals surface area contributed by atoms with Crippen molar-refractivity contribution in [2.24, 2.45) is 0 Å². The van der Waals surface area contributed by atoms with Gasteiger partial charge in [0.05, 0.1) is 18.3 Å². The number of para-hydroxylation sites is 1. The number of ketones is 1. The molecule has 2 fully saturated rings. The van der Waals surface area contributed by atoms with Gasteiger partial charge >= 0.3 is 0 Å². The first-order valence-electron chi connectivity index (χ1n) is 8.89. The van der Waals surface area contributed by atoms with Crippen LogP contribution in [0.5, 0.6) is 0 Å². The maximum Gasteiger partial charge on any atom is 0.292 e. The third kappa shape index (κ3) is 3.07. The molecule has 6 nitrogen and oxygen atoms in total. The van der Waals surface area contributed by atoms with E-state index < -0.39 is 11.7 Å². The number of benzene rings is 1. The molecule has 2 atom stereocenters. The molecule has 2 aliphatic rings. The number of nitrogens with zero attached hydrogens (tertiary/aromatic N) is 1. The van der Waals surface area contributed by atoms with Crippen LogP contribution in [0.15, 0.2) is 24.3 Å². The van der Waals surface area contributed by atoms with Crippen LogP contribution < -0.4 is 5.32 Å². The van der Waals surface area contributed by atoms with Crippen LogP contribution in [0.25, 0.3) is 10.9 Å². The Labute approximate surface area is 146 Å². The molecule has 1 aromatic carbocycles. The smallest absolute Gasteiger partial charge is 0.292 e. The van der Waals surface area contributed by atoms with Crippen LogP contribution >= 0.6 is 0 Å². The number of rotatable bonds is 4. The molecule has 2 aliphatic heterocycles. The molecule has 1 aromatic heterocycles. The molecular weight excluding hydrogens is 318 g/mol. The van der Waals surface area contributed by atoms with E-state index in [1.54, 1.807) is 0 Å². The van der Waals surface area contributed by atoms with Crippen LogP contribution in [-0.2, 0) is 9.53 Å². The molecule has 1 amide bonds. The quantitative estimate of drug-likeness (QED) is 0.655. The lowest BCUT2D eigenvalue weighted by Crippen LogP contribution is -2.50. The van der Waals surface area contributed by atoms with E-state index in [4.69, 9.17) is 4.74 Å². The predicted molar refractivity (Wildman–Crippen MR) is 94.7 cm³/mol. The second kappa shape index (κ2) is 6.61. The first-order valence-corrected chi connectivity index (χ1v) is 8.89. The molecule has 4 rings (SSSR count). The summed E-state index contributed by atoms with van der Waals surface area (Å²) in [6.07, 6.45) is 2.36. The minimum atomic E-state index is -0.569. The van der Waals surface area contributed by atoms with Gasteiger partial charge in [-0.05, 0) is 32.4 Å². The standard InChI is InChI=1S/C19H23N3O3/c1-12-17(15-6-2-3-7-16(15)21-12)18(23)19(24)20-9-14-10-22-8-4-5-13(22)11-25-14/h2-3,6-7,13-14,21H,4-5,8-11H2,1H3,(H,20,24)/t13-,14-/m1/s1. The second-order valence-electron chi connectivity index (χ2n) is 6.96. The highest BCUT2D eigenvalue weighted by Gasteiger charge is 2.32. The Morgan fingerprint density at radius 3 is 3.08 bits per heavy atom. The average molecular weight is 341 g/mol. The monoisotopic (exact) mass is 341 g/mol. The highest BCUT2D eigenvalue weighted by molar-refractivity contribution is 6.45. The number of carbonyl (C=O) groups excluding carboxylic acids is 2. The van der Waals surface area contributed by atoms with Crippen molar-refractivity contribution in [2.45, 2.75) is 31.9 Å². The first kappa shape index (κ1) is 16.3. The van der Waals surface area contributed by atoms with Crippen molar-refractivity contribution in [2.75, 3.05) is 26.2 Å². The van der Waals surface area contributed by atoms with Crippen LogP contribution in [-0.4, -0.2) is 60.0 Å². The van der Waals surface area contributed by atoms with Crippen LogP contribution in [0.4, 0.5) is 0 Å². The highest BCUT2D eigenvalue weighted by Crippen LogP contribution is 2.23. The fourth-order valence-electron chi connectivity index (χ4n) is 3.98. The highest BCUT2D eigenvalue weighted by atomic mass is 16.5. The number of H-pyrrole nitrogens is 1. The SMILES string of the molecule is Cc1[nH]c2ccccc2c1C(=O)C(=O)NC[C@@H]1CN2CCC[C@@H]2CO1. The van der Waals surface area contributed by atoms with Gasteiger partial charge in [0.1, 0.15) is 0 Å². The molecule has 0 spiro atoms. The molecule has 3 heterocycles. The van der Waals surface area contributed by atoms with Gasteiger partial charge in [-0.3, -0.25) is 14.5 Å². The molecule has 2 N–H and O–H groups in total. The van der Waals surface area contributed by atoms with Gasteiger partial charge in [0, 0.05) is 35.7 Å². The Balaban J connectivity index is 1.40. The topological polar surface area (TPSA) is 74.4 Å². The summed E-state index contributed by atoms with van der Waals surface area (Å²) in [4.78, 5) is 30.6. The molecular formula is C19H23N3O3. The summed E-state index contributed by atoms with van der Waals surface area (Å²) >= 11 is 0. The van der Waals surface area contributed by atoms with Gasteiger partial charge in [0.15, 0.2) is 0 Å². The molecule has 0 unspecified atom stereocenters.